The predicted molar refractivity (Wildman–Crippen MR) is 199 cm³/mol. The fraction of sp³-hybridized carbons (Fsp3) is 0.575. The summed E-state index contributed by atoms with van der Waals surface area (Å²) in [5, 5.41) is 7.18. The number of carbonyl (C=O) groups excluding carboxylic acids is 2. The Kier molecular flexibility index (Phi) is 9.09. The Morgan fingerprint density at radius 2 is 1.88 bits per heavy atom. The normalized spacial score (nSPS) is 31.9. The van der Waals surface area contributed by atoms with Crippen LogP contribution in [0.4, 0.5) is 0 Å². The number of H-pyrrole nitrogens is 1. The van der Waals surface area contributed by atoms with Crippen molar-refractivity contribution in [2.24, 2.45) is 41.1 Å². The molecule has 0 unspecified atom stereocenters. The van der Waals surface area contributed by atoms with Crippen LogP contribution < -0.4 is 10.7 Å². The van der Waals surface area contributed by atoms with Crippen LogP contribution in [0.3, 0.4) is 0 Å². The molecule has 4 aliphatic heterocycles. The number of esters is 1. The first-order chi connectivity index (χ1) is 24.8. The Morgan fingerprint density at radius 1 is 1.08 bits per heavy atom. The summed E-state index contributed by atoms with van der Waals surface area (Å²) in [6.45, 7) is 11.2. The molecule has 1 saturated carbocycles. The number of nitrogens with zero attached hydrogens (tertiary/aromatic N) is 2. The molecule has 4 aromatic rings. The Balaban J connectivity index is 0.915. The van der Waals surface area contributed by atoms with Gasteiger partial charge in [-0.3, -0.25) is 14.6 Å². The number of aryl methyl sites for hydroxylation is 1. The van der Waals surface area contributed by atoms with E-state index in [-0.39, 0.29) is 41.9 Å². The number of rotatable bonds is 8. The molecule has 6 heterocycles. The lowest BCUT2D eigenvalue weighted by Gasteiger charge is -2.59. The first kappa shape index (κ1) is 35.7. The molecule has 1 aliphatic carbocycles. The van der Waals surface area contributed by atoms with Crippen LogP contribution >= 0.6 is 15.9 Å². The first-order valence-electron chi connectivity index (χ1n) is 18.6. The monoisotopic (exact) mass is 776 g/mol. The van der Waals surface area contributed by atoms with E-state index >= 15 is 0 Å². The molecule has 0 radical (unpaired) electrons. The summed E-state index contributed by atoms with van der Waals surface area (Å²) in [5.41, 5.74) is 2.04. The third kappa shape index (κ3) is 6.08. The van der Waals surface area contributed by atoms with Crippen LogP contribution in [0.2, 0.25) is 0 Å². The van der Waals surface area contributed by atoms with Crippen molar-refractivity contribution in [2.75, 3.05) is 13.1 Å². The highest BCUT2D eigenvalue weighted by Gasteiger charge is 2.69. The van der Waals surface area contributed by atoms with Gasteiger partial charge in [0.2, 0.25) is 18.0 Å². The van der Waals surface area contributed by atoms with Crippen LogP contribution in [-0.4, -0.2) is 58.5 Å². The van der Waals surface area contributed by atoms with Gasteiger partial charge in [0.05, 0.1) is 22.7 Å². The molecule has 2 bridgehead atoms. The average molecular weight is 778 g/mol. The van der Waals surface area contributed by atoms with E-state index < -0.39 is 29.9 Å². The van der Waals surface area contributed by atoms with Gasteiger partial charge in [-0.25, -0.2) is 9.78 Å². The summed E-state index contributed by atoms with van der Waals surface area (Å²) in [4.78, 5) is 47.1. The first-order valence-corrected chi connectivity index (χ1v) is 19.4. The molecule has 1 amide bonds. The summed E-state index contributed by atoms with van der Waals surface area (Å²) in [6.07, 6.45) is 2.08. The maximum absolute atomic E-state index is 13.1. The summed E-state index contributed by atoms with van der Waals surface area (Å²) in [7, 11) is 2.07. The lowest BCUT2D eigenvalue weighted by atomic mass is 9.58. The van der Waals surface area contributed by atoms with Crippen LogP contribution in [0.25, 0.3) is 32.8 Å². The number of aromatic nitrogens is 2. The molecule has 52 heavy (non-hydrogen) atoms. The van der Waals surface area contributed by atoms with Crippen molar-refractivity contribution in [3.63, 3.8) is 0 Å². The third-order valence-corrected chi connectivity index (χ3v) is 12.7. The molecule has 2 N–H and O–H groups in total. The number of fused-ring (bicyclic) bond motifs is 6. The van der Waals surface area contributed by atoms with Crippen LogP contribution in [0.15, 0.2) is 51.9 Å². The fourth-order valence-corrected chi connectivity index (χ4v) is 9.58. The number of ether oxygens (including phenoxy) is 3. The topological polar surface area (TPSA) is 125 Å². The highest BCUT2D eigenvalue weighted by atomic mass is 79.9. The number of benzene rings is 2. The van der Waals surface area contributed by atoms with E-state index in [9.17, 15) is 9.59 Å². The van der Waals surface area contributed by atoms with Crippen molar-refractivity contribution < 1.29 is 33.6 Å². The van der Waals surface area contributed by atoms with Gasteiger partial charge < -0.3 is 29.1 Å². The number of nitrogens with one attached hydrogen (secondary N) is 2. The molecule has 4 saturated heterocycles. The number of halogens is 1. The minimum atomic E-state index is -0.904. The molecular weight excluding hydrogens is 728 g/mol. The Bertz CT molecular complexity index is 2130. The van der Waals surface area contributed by atoms with E-state index in [2.05, 4.69) is 82.9 Å². The maximum atomic E-state index is 13.1. The van der Waals surface area contributed by atoms with Crippen molar-refractivity contribution in [3.05, 3.63) is 52.3 Å². The summed E-state index contributed by atoms with van der Waals surface area (Å²) < 4.78 is 21.8. The molecular formula is C40H49BrN4O7. The average Bonchev–Trinajstić information content (AvgIpc) is 3.35. The Labute approximate surface area is 311 Å². The van der Waals surface area contributed by atoms with Gasteiger partial charge in [-0.15, -0.1) is 0 Å². The molecule has 9 rings (SSSR count). The minimum absolute atomic E-state index is 0.0128. The standard InChI is InChI=1S/C40H49BrN4O7/c1-22-11-13-28-23(2)36(49-37-40(28)27(22)17-18-39(5,50-37)51-52-40)48-32(47)16-15-31(46)42-20-38(3,4)21-43-34-26-19-24(41)12-14-30(26)45(6)35-33(34)25-9-7-8-10-29(25)44-35/h7-10,12,14,19,22-23,27-28,36-37,44H,11,13,15-18,20-21H2,1-6H3,(H,42,46)/t22-,23-,27+,28+,36+,37-,39-,40-/m1/s1. The molecule has 8 atom stereocenters. The minimum Gasteiger partial charge on any atom is -0.435 e. The molecule has 2 aromatic carbocycles. The van der Waals surface area contributed by atoms with Crippen LogP contribution in [0.5, 0.6) is 0 Å². The number of pyridine rings is 1. The van der Waals surface area contributed by atoms with Gasteiger partial charge in [0.15, 0.2) is 11.9 Å². The zero-order valence-electron chi connectivity index (χ0n) is 30.8. The highest BCUT2D eigenvalue weighted by Crippen LogP contribution is 2.60. The summed E-state index contributed by atoms with van der Waals surface area (Å²) >= 11 is 3.66. The SMILES string of the molecule is C[C@H]1[C@@H](OC(=O)CCC(=O)NCC(C)(C)CN=c2c3cc(Br)ccc3n(C)c3[nH]c4ccccc4c23)O[C@@H]2O[C@@]3(C)CC[C@H]4[C@H](C)CC[C@@H]1[C@@]24OO3. The molecule has 12 heteroatoms. The second kappa shape index (κ2) is 13.2. The van der Waals surface area contributed by atoms with Crippen molar-refractivity contribution in [3.8, 4) is 0 Å². The molecule has 11 nitrogen and oxygen atoms in total. The van der Waals surface area contributed by atoms with Gasteiger partial charge in [0.1, 0.15) is 5.65 Å². The van der Waals surface area contributed by atoms with Gasteiger partial charge in [0, 0.05) is 71.0 Å². The number of para-hydroxylation sites is 1. The molecule has 5 fully saturated rings. The molecule has 1 spiro atoms. The molecule has 5 aliphatic rings. The van der Waals surface area contributed by atoms with Gasteiger partial charge in [-0.05, 0) is 62.3 Å². The zero-order valence-corrected chi connectivity index (χ0v) is 32.4. The number of carbonyl (C=O) groups is 2. The van der Waals surface area contributed by atoms with Crippen LogP contribution in [0, 0.1) is 29.1 Å². The second-order valence-electron chi connectivity index (χ2n) is 16.5. The number of hydrogen-bond donors (Lipinski definition) is 2. The second-order valence-corrected chi connectivity index (χ2v) is 17.4. The number of hydrogen-bond acceptors (Lipinski definition) is 8. The van der Waals surface area contributed by atoms with Crippen LogP contribution in [-0.2, 0) is 40.6 Å². The van der Waals surface area contributed by atoms with E-state index in [0.717, 1.165) is 61.9 Å². The molecule has 2 aromatic heterocycles. The summed E-state index contributed by atoms with van der Waals surface area (Å²) in [6, 6.07) is 14.5. The molecule has 278 valence electrons. The van der Waals surface area contributed by atoms with E-state index in [0.29, 0.717) is 25.4 Å². The van der Waals surface area contributed by atoms with Crippen molar-refractivity contribution in [2.45, 2.75) is 97.1 Å². The third-order valence-electron chi connectivity index (χ3n) is 12.2. The largest absolute Gasteiger partial charge is 0.435 e. The zero-order chi connectivity index (χ0) is 36.6. The van der Waals surface area contributed by atoms with Gasteiger partial charge in [-0.1, -0.05) is 61.8 Å². The smallest absolute Gasteiger partial charge is 0.308 e. The van der Waals surface area contributed by atoms with E-state index in [1.54, 1.807) is 0 Å². The Morgan fingerprint density at radius 3 is 2.71 bits per heavy atom. The highest BCUT2D eigenvalue weighted by molar-refractivity contribution is 9.10. The Hall–Kier alpha value is -3.29. The summed E-state index contributed by atoms with van der Waals surface area (Å²) in [5.74, 6) is -0.996. The van der Waals surface area contributed by atoms with E-state index in [4.69, 9.17) is 29.0 Å². The quantitative estimate of drug-likeness (QED) is 0.144. The lowest BCUT2D eigenvalue weighted by Crippen LogP contribution is -2.70. The maximum Gasteiger partial charge on any atom is 0.308 e. The fourth-order valence-electron chi connectivity index (χ4n) is 9.21. The van der Waals surface area contributed by atoms with Gasteiger partial charge in [0.25, 0.3) is 0 Å². The van der Waals surface area contributed by atoms with Crippen molar-refractivity contribution in [1.82, 2.24) is 14.9 Å². The van der Waals surface area contributed by atoms with E-state index in [1.807, 2.05) is 32.0 Å². The number of amides is 1. The lowest BCUT2D eigenvalue weighted by molar-refractivity contribution is -0.576. The van der Waals surface area contributed by atoms with Crippen molar-refractivity contribution in [1.29, 1.82) is 0 Å². The van der Waals surface area contributed by atoms with Crippen LogP contribution in [0.1, 0.15) is 73.1 Å². The number of aromatic amines is 1. The van der Waals surface area contributed by atoms with Crippen molar-refractivity contribution >= 4 is 60.6 Å². The van der Waals surface area contributed by atoms with Gasteiger partial charge >= 0.3 is 5.97 Å². The predicted octanol–water partition coefficient (Wildman–Crippen LogP) is 7.15. The van der Waals surface area contributed by atoms with Gasteiger partial charge in [-0.2, -0.15) is 0 Å². The van der Waals surface area contributed by atoms with E-state index in [1.165, 1.54) is 0 Å².